The van der Waals surface area contributed by atoms with E-state index in [9.17, 15) is 9.90 Å². The Morgan fingerprint density at radius 2 is 1.79 bits per heavy atom. The van der Waals surface area contributed by atoms with Crippen molar-refractivity contribution in [2.75, 3.05) is 13.1 Å². The van der Waals surface area contributed by atoms with Crippen LogP contribution in [-0.2, 0) is 13.6 Å². The number of benzene rings is 1. The van der Waals surface area contributed by atoms with Crippen LogP contribution < -0.4 is 10.3 Å². The van der Waals surface area contributed by atoms with E-state index in [1.807, 2.05) is 68.0 Å². The molecule has 0 unspecified atom stereocenters. The Kier molecular flexibility index (Phi) is 5.85. The minimum atomic E-state index is -0.487. The van der Waals surface area contributed by atoms with E-state index in [1.165, 1.54) is 0 Å². The highest BCUT2D eigenvalue weighted by molar-refractivity contribution is 5.33. The Bertz CT molecular complexity index is 1190. The van der Waals surface area contributed by atoms with E-state index in [0.29, 0.717) is 18.4 Å². The number of rotatable bonds is 5. The van der Waals surface area contributed by atoms with Crippen LogP contribution in [0.25, 0.3) is 5.69 Å². The Labute approximate surface area is 194 Å². The summed E-state index contributed by atoms with van der Waals surface area (Å²) in [6, 6.07) is 13.6. The SMILES string of the molecule is Cc1ncccc1O[C@@H]1C[C@@H]2CN(Cc3c(C)n(C)n(-c4ccccc4)c3=O)C[C@@H]2C[C@H]1O. The minimum Gasteiger partial charge on any atom is -0.486 e. The highest BCUT2D eigenvalue weighted by Crippen LogP contribution is 2.38. The number of likely N-dealkylation sites (tertiary alicyclic amines) is 1. The number of nitrogens with zero attached hydrogens (tertiary/aromatic N) is 4. The van der Waals surface area contributed by atoms with Crippen molar-refractivity contribution < 1.29 is 9.84 Å². The minimum absolute atomic E-state index is 0.0457. The van der Waals surface area contributed by atoms with Gasteiger partial charge in [0.15, 0.2) is 0 Å². The van der Waals surface area contributed by atoms with E-state index >= 15 is 0 Å². The van der Waals surface area contributed by atoms with Crippen molar-refractivity contribution in [1.82, 2.24) is 19.2 Å². The van der Waals surface area contributed by atoms with E-state index in [2.05, 4.69) is 9.88 Å². The monoisotopic (exact) mass is 448 g/mol. The number of hydrogen-bond acceptors (Lipinski definition) is 5. The Morgan fingerprint density at radius 3 is 2.52 bits per heavy atom. The van der Waals surface area contributed by atoms with Gasteiger partial charge < -0.3 is 9.84 Å². The molecule has 7 heteroatoms. The second kappa shape index (κ2) is 8.80. The van der Waals surface area contributed by atoms with Crippen LogP contribution in [-0.4, -0.2) is 49.7 Å². The van der Waals surface area contributed by atoms with Gasteiger partial charge in [0.2, 0.25) is 0 Å². The van der Waals surface area contributed by atoms with Gasteiger partial charge in [-0.15, -0.1) is 0 Å². The average Bonchev–Trinajstić information content (AvgIpc) is 3.29. The van der Waals surface area contributed by atoms with Crippen LogP contribution in [0.1, 0.15) is 29.8 Å². The number of aromatic nitrogens is 3. The third-order valence-corrected chi connectivity index (χ3v) is 7.45. The van der Waals surface area contributed by atoms with E-state index in [1.54, 1.807) is 10.9 Å². The molecule has 7 nitrogen and oxygen atoms in total. The van der Waals surface area contributed by atoms with Crippen LogP contribution in [0.4, 0.5) is 0 Å². The molecular weight excluding hydrogens is 416 g/mol. The van der Waals surface area contributed by atoms with Gasteiger partial charge in [-0.2, -0.15) is 0 Å². The first-order valence-electron chi connectivity index (χ1n) is 11.7. The van der Waals surface area contributed by atoms with Crippen LogP contribution in [0.3, 0.4) is 0 Å². The van der Waals surface area contributed by atoms with Crippen LogP contribution in [0, 0.1) is 25.7 Å². The van der Waals surface area contributed by atoms with Crippen LogP contribution >= 0.6 is 0 Å². The van der Waals surface area contributed by atoms with Gasteiger partial charge in [-0.3, -0.25) is 19.4 Å². The lowest BCUT2D eigenvalue weighted by Gasteiger charge is -2.35. The average molecular weight is 449 g/mol. The van der Waals surface area contributed by atoms with Crippen molar-refractivity contribution in [3.05, 3.63) is 76.0 Å². The third kappa shape index (κ3) is 4.11. The first-order valence-corrected chi connectivity index (χ1v) is 11.7. The van der Waals surface area contributed by atoms with Gasteiger partial charge in [0.1, 0.15) is 11.9 Å². The molecule has 2 aromatic heterocycles. The van der Waals surface area contributed by atoms with Gasteiger partial charge in [-0.05, 0) is 62.8 Å². The highest BCUT2D eigenvalue weighted by Gasteiger charge is 2.43. The lowest BCUT2D eigenvalue weighted by atomic mass is 9.78. The van der Waals surface area contributed by atoms with Gasteiger partial charge in [0.25, 0.3) is 5.56 Å². The van der Waals surface area contributed by atoms with Crippen molar-refractivity contribution in [2.24, 2.45) is 18.9 Å². The predicted octanol–water partition coefficient (Wildman–Crippen LogP) is 2.84. The van der Waals surface area contributed by atoms with Crippen LogP contribution in [0.5, 0.6) is 5.75 Å². The second-order valence-electron chi connectivity index (χ2n) is 9.54. The fraction of sp³-hybridized carbons (Fsp3) is 0.462. The molecule has 0 spiro atoms. The molecule has 5 rings (SSSR count). The lowest BCUT2D eigenvalue weighted by Crippen LogP contribution is -2.42. The summed E-state index contributed by atoms with van der Waals surface area (Å²) in [6.07, 6.45) is 2.59. The number of fused-ring (bicyclic) bond motifs is 1. The Hall–Kier alpha value is -2.90. The molecule has 2 aliphatic rings. The molecule has 4 atom stereocenters. The standard InChI is InChI=1S/C26H32N4O3/c1-17-24(10-7-11-27-17)33-25-13-20-15-29(14-19(20)12-23(25)31)16-22-18(2)28(3)30(26(22)32)21-8-5-4-6-9-21/h4-11,19-20,23,25,31H,12-16H2,1-3H3/t19-,20+,23+,25+/m0/s1. The number of aliphatic hydroxyl groups excluding tert-OH is 1. The summed E-state index contributed by atoms with van der Waals surface area (Å²) < 4.78 is 9.87. The van der Waals surface area contributed by atoms with Gasteiger partial charge >= 0.3 is 0 Å². The molecule has 1 saturated carbocycles. The summed E-state index contributed by atoms with van der Waals surface area (Å²) >= 11 is 0. The molecule has 1 aliphatic carbocycles. The normalized spacial score (nSPS) is 25.2. The Balaban J connectivity index is 1.30. The zero-order valence-corrected chi connectivity index (χ0v) is 19.5. The molecule has 1 saturated heterocycles. The van der Waals surface area contributed by atoms with E-state index in [-0.39, 0.29) is 11.7 Å². The summed E-state index contributed by atoms with van der Waals surface area (Å²) in [5, 5.41) is 10.8. The van der Waals surface area contributed by atoms with Crippen molar-refractivity contribution in [3.63, 3.8) is 0 Å². The molecule has 0 radical (unpaired) electrons. The number of pyridine rings is 1. The van der Waals surface area contributed by atoms with Crippen molar-refractivity contribution in [3.8, 4) is 11.4 Å². The smallest absolute Gasteiger partial charge is 0.276 e. The molecule has 3 heterocycles. The summed E-state index contributed by atoms with van der Waals surface area (Å²) in [7, 11) is 1.94. The van der Waals surface area contributed by atoms with E-state index < -0.39 is 6.10 Å². The summed E-state index contributed by atoms with van der Waals surface area (Å²) in [5.41, 5.74) is 3.60. The van der Waals surface area contributed by atoms with Crippen molar-refractivity contribution in [2.45, 2.75) is 45.4 Å². The van der Waals surface area contributed by atoms with E-state index in [4.69, 9.17) is 4.74 Å². The molecule has 3 aromatic rings. The quantitative estimate of drug-likeness (QED) is 0.650. The lowest BCUT2D eigenvalue weighted by molar-refractivity contribution is -0.0235. The maximum Gasteiger partial charge on any atom is 0.276 e. The Morgan fingerprint density at radius 1 is 1.06 bits per heavy atom. The zero-order valence-electron chi connectivity index (χ0n) is 19.5. The molecule has 1 N–H and O–H groups in total. The first-order chi connectivity index (χ1) is 15.9. The molecule has 0 amide bonds. The number of hydrogen-bond donors (Lipinski definition) is 1. The number of ether oxygens (including phenoxy) is 1. The highest BCUT2D eigenvalue weighted by atomic mass is 16.5. The van der Waals surface area contributed by atoms with Gasteiger partial charge in [0, 0.05) is 38.6 Å². The summed E-state index contributed by atoms with van der Waals surface area (Å²) in [5.74, 6) is 1.63. The zero-order chi connectivity index (χ0) is 23.1. The topological polar surface area (TPSA) is 72.5 Å². The number of aryl methyl sites for hydroxylation is 1. The maximum atomic E-state index is 13.3. The van der Waals surface area contributed by atoms with Gasteiger partial charge in [0.05, 0.1) is 23.0 Å². The first kappa shape index (κ1) is 21.9. The molecule has 1 aliphatic heterocycles. The summed E-state index contributed by atoms with van der Waals surface area (Å²) in [4.78, 5) is 20.0. The molecular formula is C26H32N4O3. The molecule has 2 fully saturated rings. The number of para-hydroxylation sites is 1. The van der Waals surface area contributed by atoms with Gasteiger partial charge in [-0.25, -0.2) is 4.68 Å². The van der Waals surface area contributed by atoms with Crippen molar-refractivity contribution >= 4 is 0 Å². The molecule has 33 heavy (non-hydrogen) atoms. The predicted molar refractivity (Wildman–Crippen MR) is 127 cm³/mol. The van der Waals surface area contributed by atoms with Gasteiger partial charge in [-0.1, -0.05) is 18.2 Å². The van der Waals surface area contributed by atoms with E-state index in [0.717, 1.165) is 54.3 Å². The molecule has 174 valence electrons. The number of aliphatic hydroxyl groups is 1. The summed E-state index contributed by atoms with van der Waals surface area (Å²) in [6.45, 7) is 6.40. The van der Waals surface area contributed by atoms with Crippen molar-refractivity contribution in [1.29, 1.82) is 0 Å². The maximum absolute atomic E-state index is 13.3. The van der Waals surface area contributed by atoms with Crippen LogP contribution in [0.15, 0.2) is 53.5 Å². The molecule has 1 aromatic carbocycles. The third-order valence-electron chi connectivity index (χ3n) is 7.45. The largest absolute Gasteiger partial charge is 0.486 e. The molecule has 0 bridgehead atoms. The second-order valence-corrected chi connectivity index (χ2v) is 9.54. The fourth-order valence-corrected chi connectivity index (χ4v) is 5.53. The van der Waals surface area contributed by atoms with Crippen LogP contribution in [0.2, 0.25) is 0 Å². The fourth-order valence-electron chi connectivity index (χ4n) is 5.53.